The minimum absolute atomic E-state index is 0.122. The van der Waals surface area contributed by atoms with Crippen LogP contribution in [-0.4, -0.2) is 11.8 Å². The van der Waals surface area contributed by atoms with Gasteiger partial charge in [0.15, 0.2) is 0 Å². The lowest BCUT2D eigenvalue weighted by Crippen LogP contribution is -2.15. The summed E-state index contributed by atoms with van der Waals surface area (Å²) in [6.07, 6.45) is 7.23. The van der Waals surface area contributed by atoms with Crippen LogP contribution in [0.5, 0.6) is 0 Å². The van der Waals surface area contributed by atoms with E-state index in [1.54, 1.807) is 12.1 Å². The van der Waals surface area contributed by atoms with Crippen molar-refractivity contribution in [2.45, 2.75) is 45.4 Å². The van der Waals surface area contributed by atoms with Crippen molar-refractivity contribution in [1.82, 2.24) is 0 Å². The van der Waals surface area contributed by atoms with E-state index in [1.165, 1.54) is 32.1 Å². The summed E-state index contributed by atoms with van der Waals surface area (Å²) >= 11 is 0. The molecule has 4 nitrogen and oxygen atoms in total. The number of carbonyl (C=O) groups is 2. The Labute approximate surface area is 161 Å². The molecule has 2 atom stereocenters. The molecule has 1 saturated carbocycles. The molecule has 0 bridgehead atoms. The van der Waals surface area contributed by atoms with E-state index in [9.17, 15) is 9.59 Å². The zero-order valence-electron chi connectivity index (χ0n) is 15.9. The van der Waals surface area contributed by atoms with Gasteiger partial charge in [-0.25, -0.2) is 0 Å². The molecule has 4 heteroatoms. The zero-order valence-corrected chi connectivity index (χ0v) is 15.9. The third-order valence-electron chi connectivity index (χ3n) is 5.13. The van der Waals surface area contributed by atoms with Crippen LogP contribution in [0.4, 0.5) is 11.4 Å². The van der Waals surface area contributed by atoms with Crippen molar-refractivity contribution in [1.29, 1.82) is 0 Å². The molecule has 1 fully saturated rings. The Hall–Kier alpha value is -2.62. The van der Waals surface area contributed by atoms with Crippen LogP contribution in [-0.2, 0) is 4.79 Å². The average molecular weight is 364 g/mol. The summed E-state index contributed by atoms with van der Waals surface area (Å²) in [6, 6.07) is 16.4. The first kappa shape index (κ1) is 19.2. The van der Waals surface area contributed by atoms with Gasteiger partial charge in [0.05, 0.1) is 0 Å². The van der Waals surface area contributed by atoms with Gasteiger partial charge in [-0.3, -0.25) is 9.59 Å². The highest BCUT2D eigenvalue weighted by Crippen LogP contribution is 2.43. The molecule has 0 heterocycles. The molecule has 0 aliphatic heterocycles. The minimum Gasteiger partial charge on any atom is -0.326 e. The summed E-state index contributed by atoms with van der Waals surface area (Å²) in [5.74, 6) is 0.711. The molecule has 2 aromatic carbocycles. The van der Waals surface area contributed by atoms with Crippen molar-refractivity contribution in [2.24, 2.45) is 11.8 Å². The van der Waals surface area contributed by atoms with Crippen LogP contribution in [0.2, 0.25) is 0 Å². The third-order valence-corrected chi connectivity index (χ3v) is 5.13. The van der Waals surface area contributed by atoms with Gasteiger partial charge in [0, 0.05) is 22.9 Å². The molecular formula is C23H28N2O2. The van der Waals surface area contributed by atoms with Crippen molar-refractivity contribution < 1.29 is 9.59 Å². The first-order valence-electron chi connectivity index (χ1n) is 9.94. The summed E-state index contributed by atoms with van der Waals surface area (Å²) in [7, 11) is 0. The Morgan fingerprint density at radius 2 is 1.56 bits per heavy atom. The second-order valence-corrected chi connectivity index (χ2v) is 7.34. The highest BCUT2D eigenvalue weighted by Gasteiger charge is 2.42. The van der Waals surface area contributed by atoms with Crippen LogP contribution in [0.15, 0.2) is 54.6 Å². The Bertz CT molecular complexity index is 756. The van der Waals surface area contributed by atoms with E-state index >= 15 is 0 Å². The van der Waals surface area contributed by atoms with E-state index in [0.717, 1.165) is 12.1 Å². The molecule has 0 saturated heterocycles. The highest BCUT2D eigenvalue weighted by atomic mass is 16.2. The number of rotatable bonds is 9. The summed E-state index contributed by atoms with van der Waals surface area (Å²) in [5, 5.41) is 5.86. The molecule has 0 unspecified atom stereocenters. The van der Waals surface area contributed by atoms with Crippen LogP contribution in [0.1, 0.15) is 55.8 Å². The number of amides is 2. The Morgan fingerprint density at radius 3 is 2.22 bits per heavy atom. The lowest BCUT2D eigenvalue weighted by molar-refractivity contribution is -0.117. The highest BCUT2D eigenvalue weighted by molar-refractivity contribution is 6.04. The molecular weight excluding hydrogens is 336 g/mol. The van der Waals surface area contributed by atoms with Gasteiger partial charge in [-0.2, -0.15) is 0 Å². The average Bonchev–Trinajstić information content (AvgIpc) is 3.47. The molecule has 3 rings (SSSR count). The van der Waals surface area contributed by atoms with Crippen molar-refractivity contribution in [2.75, 3.05) is 10.6 Å². The number of hydrogen-bond donors (Lipinski definition) is 2. The van der Waals surface area contributed by atoms with E-state index in [-0.39, 0.29) is 17.7 Å². The summed E-state index contributed by atoms with van der Waals surface area (Å²) < 4.78 is 0. The first-order valence-corrected chi connectivity index (χ1v) is 9.94. The van der Waals surface area contributed by atoms with Crippen LogP contribution < -0.4 is 10.6 Å². The summed E-state index contributed by atoms with van der Waals surface area (Å²) in [4.78, 5) is 24.5. The number of carbonyl (C=O) groups excluding carboxylic acids is 2. The second-order valence-electron chi connectivity index (χ2n) is 7.34. The Balaban J connectivity index is 1.44. The molecule has 1 aliphatic carbocycles. The maximum atomic E-state index is 12.3. The number of anilines is 2. The van der Waals surface area contributed by atoms with Gasteiger partial charge in [0.1, 0.15) is 0 Å². The van der Waals surface area contributed by atoms with Crippen LogP contribution in [0.3, 0.4) is 0 Å². The van der Waals surface area contributed by atoms with Crippen LogP contribution in [0, 0.1) is 11.8 Å². The van der Waals surface area contributed by atoms with Gasteiger partial charge in [-0.05, 0) is 55.2 Å². The van der Waals surface area contributed by atoms with E-state index in [2.05, 4.69) is 17.6 Å². The fourth-order valence-corrected chi connectivity index (χ4v) is 3.39. The smallest absolute Gasteiger partial charge is 0.255 e. The molecule has 27 heavy (non-hydrogen) atoms. The molecule has 1 aliphatic rings. The van der Waals surface area contributed by atoms with Gasteiger partial charge < -0.3 is 10.6 Å². The number of benzene rings is 2. The minimum atomic E-state index is -0.142. The molecule has 2 N–H and O–H groups in total. The number of nitrogens with one attached hydrogen (secondary N) is 2. The third kappa shape index (κ3) is 5.68. The van der Waals surface area contributed by atoms with E-state index in [4.69, 9.17) is 0 Å². The second kappa shape index (κ2) is 9.36. The first-order chi connectivity index (χ1) is 13.2. The van der Waals surface area contributed by atoms with Gasteiger partial charge >= 0.3 is 0 Å². The zero-order chi connectivity index (χ0) is 19.1. The van der Waals surface area contributed by atoms with Gasteiger partial charge in [-0.1, -0.05) is 50.8 Å². The molecule has 142 valence electrons. The molecule has 0 spiro atoms. The number of unbranched alkanes of at least 4 members (excludes halogenated alkanes) is 3. The molecule has 2 amide bonds. The lowest BCUT2D eigenvalue weighted by Gasteiger charge is -2.08. The number of hydrogen-bond acceptors (Lipinski definition) is 2. The predicted octanol–water partition coefficient (Wildman–Crippen LogP) is 5.48. The van der Waals surface area contributed by atoms with Crippen molar-refractivity contribution in [3.8, 4) is 0 Å². The van der Waals surface area contributed by atoms with Crippen molar-refractivity contribution in [3.63, 3.8) is 0 Å². The summed E-state index contributed by atoms with van der Waals surface area (Å²) in [6.45, 7) is 2.21. The Morgan fingerprint density at radius 1 is 0.889 bits per heavy atom. The molecule has 0 aromatic heterocycles. The fourth-order valence-electron chi connectivity index (χ4n) is 3.39. The standard InChI is InChI=1S/C23H28N2O2/c1-2-3-4-6-11-18-16-21(18)23(27)25-20-14-12-19(13-15-20)24-22(26)17-9-7-5-8-10-17/h5,7-10,12-15,18,21H,2-4,6,11,16H2,1H3,(H,24,26)(H,25,27)/t18-,21-/m1/s1. The van der Waals surface area contributed by atoms with Crippen molar-refractivity contribution in [3.05, 3.63) is 60.2 Å². The van der Waals surface area contributed by atoms with Crippen LogP contribution in [0.25, 0.3) is 0 Å². The van der Waals surface area contributed by atoms with Crippen LogP contribution >= 0.6 is 0 Å². The van der Waals surface area contributed by atoms with E-state index in [1.807, 2.05) is 42.5 Å². The largest absolute Gasteiger partial charge is 0.326 e. The quantitative estimate of drug-likeness (QED) is 0.579. The topological polar surface area (TPSA) is 58.2 Å². The summed E-state index contributed by atoms with van der Waals surface area (Å²) in [5.41, 5.74) is 2.10. The SMILES string of the molecule is CCCCCC[C@@H]1C[C@H]1C(=O)Nc1ccc(NC(=O)c2ccccc2)cc1. The molecule has 0 radical (unpaired) electrons. The molecule has 2 aromatic rings. The monoisotopic (exact) mass is 364 g/mol. The van der Waals surface area contributed by atoms with Gasteiger partial charge in [-0.15, -0.1) is 0 Å². The fraction of sp³-hybridized carbons (Fsp3) is 0.391. The van der Waals surface area contributed by atoms with Gasteiger partial charge in [0.2, 0.25) is 5.91 Å². The van der Waals surface area contributed by atoms with E-state index < -0.39 is 0 Å². The van der Waals surface area contributed by atoms with Gasteiger partial charge in [0.25, 0.3) is 5.91 Å². The Kier molecular flexibility index (Phi) is 6.64. The maximum absolute atomic E-state index is 12.3. The maximum Gasteiger partial charge on any atom is 0.255 e. The lowest BCUT2D eigenvalue weighted by atomic mass is 10.1. The van der Waals surface area contributed by atoms with Crippen molar-refractivity contribution >= 4 is 23.2 Å². The normalized spacial score (nSPS) is 18.0. The predicted molar refractivity (Wildman–Crippen MR) is 110 cm³/mol. The van der Waals surface area contributed by atoms with E-state index in [0.29, 0.717) is 17.2 Å².